The van der Waals surface area contributed by atoms with Crippen molar-refractivity contribution in [3.05, 3.63) is 24.3 Å². The number of rotatable bonds is 21. The van der Waals surface area contributed by atoms with Crippen molar-refractivity contribution in [2.75, 3.05) is 19.8 Å². The molecule has 5 nitrogen and oxygen atoms in total. The Morgan fingerprint density at radius 2 is 1.03 bits per heavy atom. The largest absolute Gasteiger partial charge is 0.462 e. The van der Waals surface area contributed by atoms with E-state index >= 15 is 0 Å². The lowest BCUT2D eigenvalue weighted by Crippen LogP contribution is -2.09. The van der Waals surface area contributed by atoms with Crippen molar-refractivity contribution < 1.29 is 23.8 Å². The summed E-state index contributed by atoms with van der Waals surface area (Å²) in [6, 6.07) is 0. The maximum Gasteiger partial charge on any atom is 0.333 e. The Morgan fingerprint density at radius 1 is 0.676 bits per heavy atom. The first-order valence-corrected chi connectivity index (χ1v) is 13.6. The maximum absolute atomic E-state index is 11.2. The highest BCUT2D eigenvalue weighted by Crippen LogP contribution is 2.14. The van der Waals surface area contributed by atoms with Crippen molar-refractivity contribution in [2.24, 2.45) is 0 Å². The predicted molar refractivity (Wildman–Crippen MR) is 141 cm³/mol. The van der Waals surface area contributed by atoms with Crippen LogP contribution >= 0.6 is 0 Å². The van der Waals surface area contributed by atoms with E-state index in [4.69, 9.17) is 14.2 Å². The second-order valence-corrected chi connectivity index (χ2v) is 9.55. The summed E-state index contributed by atoms with van der Waals surface area (Å²) < 4.78 is 14.7. The fourth-order valence-electron chi connectivity index (χ4n) is 3.39. The molecule has 34 heavy (non-hydrogen) atoms. The third kappa shape index (κ3) is 23.5. The van der Waals surface area contributed by atoms with Gasteiger partial charge >= 0.3 is 11.9 Å². The molecule has 1 saturated heterocycles. The van der Waals surface area contributed by atoms with Gasteiger partial charge in [-0.3, -0.25) is 0 Å². The molecule has 1 rings (SSSR count). The Bertz CT molecular complexity index is 551. The Labute approximate surface area is 209 Å². The molecule has 1 heterocycles. The van der Waals surface area contributed by atoms with Gasteiger partial charge in [0.2, 0.25) is 0 Å². The van der Waals surface area contributed by atoms with Crippen LogP contribution in [0.5, 0.6) is 0 Å². The molecule has 0 aromatic rings. The highest BCUT2D eigenvalue weighted by Gasteiger charge is 2.24. The quantitative estimate of drug-likeness (QED) is 0.0723. The van der Waals surface area contributed by atoms with E-state index in [1.54, 1.807) is 13.8 Å². The molecule has 0 aromatic heterocycles. The predicted octanol–water partition coefficient (Wildman–Crippen LogP) is 7.87. The van der Waals surface area contributed by atoms with Gasteiger partial charge in [0, 0.05) is 11.1 Å². The molecular formula is C29H52O5. The van der Waals surface area contributed by atoms with E-state index in [-0.39, 0.29) is 18.0 Å². The number of unbranched alkanes of at least 4 members (excludes halogenated alkanes) is 15. The lowest BCUT2D eigenvalue weighted by atomic mass is 10.0. The average Bonchev–Trinajstić information content (AvgIpc) is 3.64. The topological polar surface area (TPSA) is 65.1 Å². The molecule has 0 amide bonds. The first-order valence-electron chi connectivity index (χ1n) is 13.6. The van der Waals surface area contributed by atoms with Gasteiger partial charge in [-0.05, 0) is 20.3 Å². The van der Waals surface area contributed by atoms with Crippen LogP contribution < -0.4 is 0 Å². The zero-order valence-corrected chi connectivity index (χ0v) is 22.5. The lowest BCUT2D eigenvalue weighted by molar-refractivity contribution is -0.140. The fraction of sp³-hybridized carbons (Fsp3) is 0.793. The third-order valence-electron chi connectivity index (χ3n) is 5.73. The number of esters is 2. The number of carbonyl (C=O) groups is 2. The Kier molecular flexibility index (Phi) is 22.0. The van der Waals surface area contributed by atoms with Crippen molar-refractivity contribution in [1.82, 2.24) is 0 Å². The monoisotopic (exact) mass is 480 g/mol. The van der Waals surface area contributed by atoms with E-state index in [1.807, 2.05) is 0 Å². The van der Waals surface area contributed by atoms with E-state index in [0.29, 0.717) is 31.0 Å². The third-order valence-corrected chi connectivity index (χ3v) is 5.73. The second kappa shape index (κ2) is 23.1. The van der Waals surface area contributed by atoms with Crippen LogP contribution in [0, 0.1) is 0 Å². The fourth-order valence-corrected chi connectivity index (χ4v) is 3.39. The van der Waals surface area contributed by atoms with Crippen molar-refractivity contribution in [3.8, 4) is 0 Å². The highest BCUT2D eigenvalue weighted by molar-refractivity contribution is 5.87. The van der Waals surface area contributed by atoms with Crippen LogP contribution in [-0.4, -0.2) is 37.9 Å². The zero-order valence-electron chi connectivity index (χ0n) is 22.5. The Morgan fingerprint density at radius 3 is 1.38 bits per heavy atom. The van der Waals surface area contributed by atoms with Crippen LogP contribution in [0.2, 0.25) is 0 Å². The van der Waals surface area contributed by atoms with Crippen molar-refractivity contribution in [1.29, 1.82) is 0 Å². The van der Waals surface area contributed by atoms with Crippen LogP contribution in [0.15, 0.2) is 24.3 Å². The first-order chi connectivity index (χ1) is 16.4. The van der Waals surface area contributed by atoms with Gasteiger partial charge in [0.05, 0.1) is 13.2 Å². The van der Waals surface area contributed by atoms with Crippen LogP contribution in [0.1, 0.15) is 124 Å². The molecule has 1 aliphatic heterocycles. The average molecular weight is 481 g/mol. The van der Waals surface area contributed by atoms with E-state index in [2.05, 4.69) is 20.1 Å². The molecule has 1 atom stereocenters. The molecule has 0 N–H and O–H groups in total. The van der Waals surface area contributed by atoms with Crippen molar-refractivity contribution >= 4 is 11.9 Å². The first kappa shape index (κ1) is 32.4. The van der Waals surface area contributed by atoms with Gasteiger partial charge in [0.15, 0.2) is 0 Å². The Hall–Kier alpha value is -1.62. The van der Waals surface area contributed by atoms with Crippen molar-refractivity contribution in [2.45, 2.75) is 130 Å². The summed E-state index contributed by atoms with van der Waals surface area (Å²) >= 11 is 0. The van der Waals surface area contributed by atoms with E-state index < -0.39 is 0 Å². The molecule has 0 aromatic carbocycles. The van der Waals surface area contributed by atoms with Gasteiger partial charge < -0.3 is 14.2 Å². The summed E-state index contributed by atoms with van der Waals surface area (Å²) in [5.74, 6) is -0.591. The van der Waals surface area contributed by atoms with Gasteiger partial charge in [-0.15, -0.1) is 0 Å². The van der Waals surface area contributed by atoms with Crippen LogP contribution in [0.25, 0.3) is 0 Å². The Balaban J connectivity index is 0.000000896. The smallest absolute Gasteiger partial charge is 0.333 e. The number of epoxide rings is 1. The lowest BCUT2D eigenvalue weighted by Gasteiger charge is -2.05. The molecular weight excluding hydrogens is 428 g/mol. The maximum atomic E-state index is 11.2. The van der Waals surface area contributed by atoms with Crippen molar-refractivity contribution in [3.63, 3.8) is 0 Å². The molecule has 0 radical (unpaired) electrons. The molecule has 198 valence electrons. The second-order valence-electron chi connectivity index (χ2n) is 9.55. The number of ether oxygens (including phenoxy) is 3. The number of hydrogen-bond acceptors (Lipinski definition) is 5. The normalized spacial score (nSPS) is 14.0. The van der Waals surface area contributed by atoms with Gasteiger partial charge in [-0.1, -0.05) is 116 Å². The van der Waals surface area contributed by atoms with Crippen LogP contribution in [0.3, 0.4) is 0 Å². The summed E-state index contributed by atoms with van der Waals surface area (Å²) in [6.07, 6.45) is 21.9. The zero-order chi connectivity index (χ0) is 25.4. The molecule has 0 saturated carbocycles. The molecule has 0 spiro atoms. The molecule has 1 unspecified atom stereocenters. The standard InChI is InChI=1S/C22H42O2.C7H10O3/c1-4-5-6-7-8-9-10-11-12-13-14-15-16-17-18-19-20-24-22(23)21(2)3;1-5(2)7(8)10-4-6-3-9-6/h2,4-20H2,1,3H3;6H,1,3-4H2,2H3. The molecule has 5 heteroatoms. The van der Waals surface area contributed by atoms with Gasteiger partial charge in [-0.25, -0.2) is 9.59 Å². The molecule has 0 bridgehead atoms. The van der Waals surface area contributed by atoms with E-state index in [9.17, 15) is 9.59 Å². The number of hydrogen-bond donors (Lipinski definition) is 0. The van der Waals surface area contributed by atoms with Gasteiger partial charge in [-0.2, -0.15) is 0 Å². The highest BCUT2D eigenvalue weighted by atomic mass is 16.6. The van der Waals surface area contributed by atoms with Gasteiger partial charge in [0.1, 0.15) is 12.7 Å². The minimum absolute atomic E-state index is 0.142. The summed E-state index contributed by atoms with van der Waals surface area (Å²) in [4.78, 5) is 21.9. The summed E-state index contributed by atoms with van der Waals surface area (Å²) in [5.41, 5.74) is 0.923. The van der Waals surface area contributed by atoms with E-state index in [0.717, 1.165) is 6.42 Å². The molecule has 1 aliphatic rings. The minimum Gasteiger partial charge on any atom is -0.462 e. The van der Waals surface area contributed by atoms with Crippen LogP contribution in [-0.2, 0) is 23.8 Å². The number of carbonyl (C=O) groups excluding carboxylic acids is 2. The molecule has 1 fully saturated rings. The van der Waals surface area contributed by atoms with Gasteiger partial charge in [0.25, 0.3) is 0 Å². The summed E-state index contributed by atoms with van der Waals surface area (Å²) in [5, 5.41) is 0. The summed E-state index contributed by atoms with van der Waals surface area (Å²) in [7, 11) is 0. The SMILES string of the molecule is C=C(C)C(=O)OCC1CO1.C=C(C)C(=O)OCCCCCCCCCCCCCCCCCC. The van der Waals surface area contributed by atoms with E-state index in [1.165, 1.54) is 96.3 Å². The molecule has 0 aliphatic carbocycles. The summed E-state index contributed by atoms with van der Waals surface area (Å²) in [6.45, 7) is 14.2. The minimum atomic E-state index is -0.337. The van der Waals surface area contributed by atoms with Crippen LogP contribution in [0.4, 0.5) is 0 Å².